The van der Waals surface area contributed by atoms with Crippen molar-refractivity contribution in [2.24, 2.45) is 0 Å². The Labute approximate surface area is 319 Å². The Kier molecular flexibility index (Phi) is 8.09. The third kappa shape index (κ3) is 5.65. The maximum atomic E-state index is 2.46. The molecule has 0 saturated heterocycles. The monoisotopic (exact) mass is 705 g/mol. The van der Waals surface area contributed by atoms with Crippen LogP contribution in [0.2, 0.25) is 0 Å². The average Bonchev–Trinajstić information content (AvgIpc) is 3.64. The Balaban J connectivity index is 1.16. The fourth-order valence-corrected chi connectivity index (χ4v) is 9.14. The molecule has 0 spiro atoms. The minimum atomic E-state index is 1.10. The SMILES string of the molecule is c1ccc(-c2ccc(-c3ccc(N(c4ccccc4-c4cccc5ccccc45)c4ccccc4-c4cccc5c4sc4ccccc45)cc3)cc2)cc1. The van der Waals surface area contributed by atoms with E-state index in [0.717, 1.165) is 17.1 Å². The van der Waals surface area contributed by atoms with Crippen molar-refractivity contribution in [1.82, 2.24) is 0 Å². The minimum Gasteiger partial charge on any atom is -0.309 e. The van der Waals surface area contributed by atoms with E-state index in [0.29, 0.717) is 0 Å². The molecule has 0 radical (unpaired) electrons. The van der Waals surface area contributed by atoms with Crippen LogP contribution in [-0.2, 0) is 0 Å². The first kappa shape index (κ1) is 32.0. The summed E-state index contributed by atoms with van der Waals surface area (Å²) in [6.07, 6.45) is 0. The summed E-state index contributed by atoms with van der Waals surface area (Å²) in [5, 5.41) is 5.08. The summed E-state index contributed by atoms with van der Waals surface area (Å²) in [6, 6.07) is 77.1. The predicted octanol–water partition coefficient (Wildman–Crippen LogP) is 15.3. The van der Waals surface area contributed by atoms with Gasteiger partial charge in [-0.1, -0.05) is 182 Å². The van der Waals surface area contributed by atoms with Crippen LogP contribution in [0.1, 0.15) is 0 Å². The van der Waals surface area contributed by atoms with Crippen molar-refractivity contribution in [1.29, 1.82) is 0 Å². The van der Waals surface area contributed by atoms with Gasteiger partial charge in [0, 0.05) is 42.6 Å². The molecular weight excluding hydrogens is 671 g/mol. The fourth-order valence-electron chi connectivity index (χ4n) is 7.91. The van der Waals surface area contributed by atoms with E-state index in [4.69, 9.17) is 0 Å². The highest BCUT2D eigenvalue weighted by atomic mass is 32.1. The second-order valence-electron chi connectivity index (χ2n) is 13.7. The summed E-state index contributed by atoms with van der Waals surface area (Å²) in [7, 11) is 0. The number of fused-ring (bicyclic) bond motifs is 4. The van der Waals surface area contributed by atoms with E-state index in [1.807, 2.05) is 11.3 Å². The van der Waals surface area contributed by atoms with E-state index >= 15 is 0 Å². The van der Waals surface area contributed by atoms with Crippen molar-refractivity contribution < 1.29 is 0 Å². The van der Waals surface area contributed by atoms with Crippen molar-refractivity contribution >= 4 is 59.3 Å². The van der Waals surface area contributed by atoms with Gasteiger partial charge in [0.15, 0.2) is 0 Å². The number of nitrogens with zero attached hydrogens (tertiary/aromatic N) is 1. The number of thiophene rings is 1. The lowest BCUT2D eigenvalue weighted by Crippen LogP contribution is -2.12. The number of rotatable bonds is 7. The largest absolute Gasteiger partial charge is 0.309 e. The molecule has 0 aliphatic heterocycles. The zero-order chi connectivity index (χ0) is 35.8. The molecule has 54 heavy (non-hydrogen) atoms. The minimum absolute atomic E-state index is 1.10. The summed E-state index contributed by atoms with van der Waals surface area (Å²) in [5.41, 5.74) is 13.0. The predicted molar refractivity (Wildman–Crippen MR) is 233 cm³/mol. The van der Waals surface area contributed by atoms with Crippen LogP contribution in [0.4, 0.5) is 17.1 Å². The lowest BCUT2D eigenvalue weighted by Gasteiger charge is -2.30. The van der Waals surface area contributed by atoms with Crippen LogP contribution in [0.25, 0.3) is 75.5 Å². The third-order valence-electron chi connectivity index (χ3n) is 10.5. The molecule has 0 aliphatic carbocycles. The van der Waals surface area contributed by atoms with Gasteiger partial charge in [0.05, 0.1) is 11.4 Å². The molecule has 0 N–H and O–H groups in total. The Morgan fingerprint density at radius 2 is 0.759 bits per heavy atom. The molecule has 0 amide bonds. The highest BCUT2D eigenvalue weighted by Crippen LogP contribution is 2.48. The Morgan fingerprint density at radius 1 is 0.296 bits per heavy atom. The van der Waals surface area contributed by atoms with Crippen molar-refractivity contribution in [3.63, 3.8) is 0 Å². The van der Waals surface area contributed by atoms with Gasteiger partial charge in [-0.25, -0.2) is 0 Å². The van der Waals surface area contributed by atoms with Crippen LogP contribution in [0.15, 0.2) is 212 Å². The molecule has 0 atom stereocenters. The number of anilines is 3. The Hall–Kier alpha value is -6.74. The third-order valence-corrected chi connectivity index (χ3v) is 11.7. The Bertz CT molecular complexity index is 2920. The molecule has 1 nitrogen and oxygen atoms in total. The Morgan fingerprint density at radius 3 is 1.48 bits per heavy atom. The molecule has 10 rings (SSSR count). The smallest absolute Gasteiger partial charge is 0.0540 e. The van der Waals surface area contributed by atoms with Crippen LogP contribution >= 0.6 is 11.3 Å². The van der Waals surface area contributed by atoms with Gasteiger partial charge < -0.3 is 4.90 Å². The topological polar surface area (TPSA) is 3.24 Å². The normalized spacial score (nSPS) is 11.3. The van der Waals surface area contributed by atoms with Gasteiger partial charge in [-0.3, -0.25) is 0 Å². The second-order valence-corrected chi connectivity index (χ2v) is 14.7. The van der Waals surface area contributed by atoms with Crippen molar-refractivity contribution in [3.05, 3.63) is 212 Å². The van der Waals surface area contributed by atoms with Crippen molar-refractivity contribution in [2.45, 2.75) is 0 Å². The summed E-state index contributed by atoms with van der Waals surface area (Å²) in [5.74, 6) is 0. The van der Waals surface area contributed by atoms with Gasteiger partial charge in [0.2, 0.25) is 0 Å². The number of para-hydroxylation sites is 2. The van der Waals surface area contributed by atoms with Crippen LogP contribution in [-0.4, -0.2) is 0 Å². The average molecular weight is 706 g/mol. The van der Waals surface area contributed by atoms with Gasteiger partial charge in [-0.2, -0.15) is 0 Å². The maximum absolute atomic E-state index is 2.46. The molecule has 1 aromatic heterocycles. The van der Waals surface area contributed by atoms with Gasteiger partial charge in [-0.05, 0) is 68.9 Å². The maximum Gasteiger partial charge on any atom is 0.0540 e. The summed E-state index contributed by atoms with van der Waals surface area (Å²) in [6.45, 7) is 0. The fraction of sp³-hybridized carbons (Fsp3) is 0. The molecule has 9 aromatic carbocycles. The number of hydrogen-bond acceptors (Lipinski definition) is 2. The van der Waals surface area contributed by atoms with E-state index in [9.17, 15) is 0 Å². The van der Waals surface area contributed by atoms with Crippen LogP contribution in [0.5, 0.6) is 0 Å². The van der Waals surface area contributed by atoms with Gasteiger partial charge >= 0.3 is 0 Å². The molecule has 10 aromatic rings. The molecule has 0 fully saturated rings. The van der Waals surface area contributed by atoms with Crippen LogP contribution in [0, 0.1) is 0 Å². The lowest BCUT2D eigenvalue weighted by molar-refractivity contribution is 1.29. The highest BCUT2D eigenvalue weighted by molar-refractivity contribution is 7.26. The highest BCUT2D eigenvalue weighted by Gasteiger charge is 2.22. The lowest BCUT2D eigenvalue weighted by atomic mass is 9.95. The van der Waals surface area contributed by atoms with Gasteiger partial charge in [-0.15, -0.1) is 11.3 Å². The van der Waals surface area contributed by atoms with E-state index in [2.05, 4.69) is 217 Å². The molecule has 0 unspecified atom stereocenters. The molecule has 0 saturated carbocycles. The molecule has 0 aliphatic rings. The van der Waals surface area contributed by atoms with Crippen molar-refractivity contribution in [3.8, 4) is 44.5 Å². The van der Waals surface area contributed by atoms with Gasteiger partial charge in [0.25, 0.3) is 0 Å². The zero-order valence-corrected chi connectivity index (χ0v) is 30.4. The van der Waals surface area contributed by atoms with E-state index in [1.54, 1.807) is 0 Å². The molecule has 254 valence electrons. The van der Waals surface area contributed by atoms with E-state index in [-0.39, 0.29) is 0 Å². The molecule has 0 bridgehead atoms. The second kappa shape index (κ2) is 13.7. The van der Waals surface area contributed by atoms with Crippen LogP contribution in [0.3, 0.4) is 0 Å². The quantitative estimate of drug-likeness (QED) is 0.160. The summed E-state index contributed by atoms with van der Waals surface area (Å²) >= 11 is 1.88. The van der Waals surface area contributed by atoms with Crippen LogP contribution < -0.4 is 4.90 Å². The van der Waals surface area contributed by atoms with Gasteiger partial charge in [0.1, 0.15) is 0 Å². The molecule has 1 heterocycles. The first-order valence-corrected chi connectivity index (χ1v) is 19.2. The first-order valence-electron chi connectivity index (χ1n) is 18.4. The summed E-state index contributed by atoms with van der Waals surface area (Å²) < 4.78 is 2.62. The standard InChI is InChI=1S/C52H35NS/c1-2-14-36(15-3-1)37-28-30-38(31-29-37)39-32-34-41(35-33-39)53(49-25-9-6-19-44(49)43-22-12-17-40-16-4-5-18-42(40)43)50-26-10-7-20-45(50)47-23-13-24-48-46-21-8-11-27-51(46)54-52(47)48/h1-35H. The number of benzene rings is 9. The number of hydrogen-bond donors (Lipinski definition) is 0. The zero-order valence-electron chi connectivity index (χ0n) is 29.6. The van der Waals surface area contributed by atoms with E-state index in [1.165, 1.54) is 75.5 Å². The van der Waals surface area contributed by atoms with E-state index < -0.39 is 0 Å². The first-order chi connectivity index (χ1) is 26.8. The molecular formula is C52H35NS. The summed E-state index contributed by atoms with van der Waals surface area (Å²) in [4.78, 5) is 2.46. The molecule has 2 heteroatoms. The van der Waals surface area contributed by atoms with Crippen molar-refractivity contribution in [2.75, 3.05) is 4.90 Å².